The van der Waals surface area contributed by atoms with Gasteiger partial charge < -0.3 is 10.3 Å². The Morgan fingerprint density at radius 1 is 1.15 bits per heavy atom. The Hall–Kier alpha value is -3.16. The zero-order valence-corrected chi connectivity index (χ0v) is 14.8. The Bertz CT molecular complexity index is 950. The Labute approximate surface area is 155 Å². The van der Waals surface area contributed by atoms with Crippen molar-refractivity contribution in [2.24, 2.45) is 10.9 Å². The van der Waals surface area contributed by atoms with Gasteiger partial charge in [-0.3, -0.25) is 9.63 Å². The number of aliphatic carboxylic acids is 1. The largest absolute Gasteiger partial charge is 0.616 e. The molecule has 0 amide bonds. The number of aromatic nitrogens is 1. The third-order valence-corrected chi connectivity index (χ3v) is 4.14. The minimum atomic E-state index is -1.23. The summed E-state index contributed by atoms with van der Waals surface area (Å²) in [4.78, 5) is 19.6. The van der Waals surface area contributed by atoms with Crippen LogP contribution in [0.2, 0.25) is 0 Å². The second-order valence-corrected chi connectivity index (χ2v) is 6.38. The maximum absolute atomic E-state index is 13.9. The van der Waals surface area contributed by atoms with Gasteiger partial charge in [-0.05, 0) is 36.4 Å². The van der Waals surface area contributed by atoms with Crippen LogP contribution in [0.25, 0.3) is 11.4 Å². The van der Waals surface area contributed by atoms with Gasteiger partial charge >= 0.3 is 5.97 Å². The summed E-state index contributed by atoms with van der Waals surface area (Å²) < 4.78 is 12.2. The van der Waals surface area contributed by atoms with Gasteiger partial charge in [0.2, 0.25) is 5.84 Å². The van der Waals surface area contributed by atoms with Crippen LogP contribution in [-0.4, -0.2) is 26.5 Å². The van der Waals surface area contributed by atoms with E-state index in [1.807, 2.05) is 13.8 Å². The number of aliphatic imine (C=N–C) groups is 1. The van der Waals surface area contributed by atoms with Crippen molar-refractivity contribution in [1.29, 1.82) is 0 Å². The van der Waals surface area contributed by atoms with Crippen LogP contribution >= 0.6 is 0 Å². The zero-order chi connectivity index (χ0) is 19.6. The molecule has 0 aliphatic carbocycles. The van der Waals surface area contributed by atoms with Gasteiger partial charge in [0.1, 0.15) is 17.7 Å². The molecule has 0 saturated heterocycles. The third-order valence-electron chi connectivity index (χ3n) is 4.14. The number of amidine groups is 1. The maximum atomic E-state index is 13.9. The van der Waals surface area contributed by atoms with Crippen LogP contribution in [0.4, 0.5) is 4.39 Å². The number of carboxylic acids is 1. The average Bonchev–Trinajstić information content (AvgIpc) is 2.95. The number of hydrogen-bond donors (Lipinski definition) is 1. The van der Waals surface area contributed by atoms with E-state index in [1.54, 1.807) is 36.7 Å². The normalized spacial score (nSPS) is 19.8. The fraction of sp³-hybridized carbons (Fsp3) is 0.150. The van der Waals surface area contributed by atoms with E-state index < -0.39 is 16.4 Å². The second kappa shape index (κ2) is 7.22. The topological polar surface area (TPSA) is 85.6 Å². The minimum absolute atomic E-state index is 0.240. The van der Waals surface area contributed by atoms with E-state index in [2.05, 4.69) is 9.98 Å². The van der Waals surface area contributed by atoms with Gasteiger partial charge in [-0.25, -0.2) is 9.18 Å². The molecular formula is C20H18FN3O3. The molecule has 2 aromatic rings. The highest BCUT2D eigenvalue weighted by molar-refractivity contribution is 6.02. The number of hydrogen-bond acceptors (Lipinski definition) is 4. The van der Waals surface area contributed by atoms with E-state index in [1.165, 1.54) is 12.1 Å². The summed E-state index contributed by atoms with van der Waals surface area (Å²) in [7, 11) is 0. The van der Waals surface area contributed by atoms with E-state index in [0.717, 1.165) is 12.3 Å². The van der Waals surface area contributed by atoms with Gasteiger partial charge in [0.25, 0.3) is 0 Å². The Balaban J connectivity index is 2.30. The van der Waals surface area contributed by atoms with Crippen LogP contribution in [0, 0.1) is 16.9 Å². The van der Waals surface area contributed by atoms with Crippen molar-refractivity contribution >= 4 is 23.2 Å². The van der Waals surface area contributed by atoms with Crippen molar-refractivity contribution in [3.05, 3.63) is 83.2 Å². The van der Waals surface area contributed by atoms with Crippen molar-refractivity contribution < 1.29 is 18.9 Å². The van der Waals surface area contributed by atoms with Crippen molar-refractivity contribution in [2.75, 3.05) is 0 Å². The third kappa shape index (κ3) is 3.55. The van der Waals surface area contributed by atoms with Gasteiger partial charge in [-0.2, -0.15) is 4.99 Å². The van der Waals surface area contributed by atoms with Crippen molar-refractivity contribution in [3.63, 3.8) is 0 Å². The molecule has 1 atom stereocenters. The molecule has 3 rings (SSSR count). The molecule has 138 valence electrons. The van der Waals surface area contributed by atoms with Gasteiger partial charge in [-0.15, -0.1) is 0 Å². The van der Waals surface area contributed by atoms with Crippen LogP contribution in [0.1, 0.15) is 25.0 Å². The predicted octanol–water partition coefficient (Wildman–Crippen LogP) is 4.03. The molecule has 0 fully saturated rings. The molecule has 0 bridgehead atoms. The molecule has 7 heteroatoms. The molecule has 0 spiro atoms. The maximum Gasteiger partial charge on any atom is 0.333 e. The quantitative estimate of drug-likeness (QED) is 0.491. The van der Waals surface area contributed by atoms with Gasteiger partial charge in [0.15, 0.2) is 5.70 Å². The summed E-state index contributed by atoms with van der Waals surface area (Å²) >= 11 is 0. The Morgan fingerprint density at radius 2 is 1.78 bits per heavy atom. The van der Waals surface area contributed by atoms with E-state index in [0.29, 0.717) is 16.8 Å². The lowest BCUT2D eigenvalue weighted by molar-refractivity contribution is -0.648. The number of rotatable bonds is 5. The summed E-state index contributed by atoms with van der Waals surface area (Å²) in [6, 6.07) is 9.01. The molecule has 0 saturated carbocycles. The lowest BCUT2D eigenvalue weighted by Crippen LogP contribution is -2.41. The lowest BCUT2D eigenvalue weighted by Gasteiger charge is -2.38. The molecule has 1 aliphatic rings. The number of halogens is 1. The highest BCUT2D eigenvalue weighted by atomic mass is 19.1. The van der Waals surface area contributed by atoms with E-state index in [-0.39, 0.29) is 17.5 Å². The smallest absolute Gasteiger partial charge is 0.333 e. The monoisotopic (exact) mass is 367 g/mol. The lowest BCUT2D eigenvalue weighted by atomic mass is 10.1. The summed E-state index contributed by atoms with van der Waals surface area (Å²) in [5.41, 5.74) is 1.79. The first-order valence-corrected chi connectivity index (χ1v) is 8.35. The van der Waals surface area contributed by atoms with E-state index >= 15 is 0 Å². The van der Waals surface area contributed by atoms with Crippen LogP contribution in [0.15, 0.2) is 66.1 Å². The molecule has 0 radical (unpaired) electrons. The highest BCUT2D eigenvalue weighted by Crippen LogP contribution is 2.43. The van der Waals surface area contributed by atoms with Gasteiger partial charge in [0.05, 0.1) is 6.08 Å². The number of carbonyl (C=O) groups is 1. The Kier molecular flexibility index (Phi) is 4.98. The number of nitrogens with zero attached hydrogens (tertiary/aromatic N) is 3. The standard InChI is InChI=1S/C20H18FN3O3/c1-13(2)20-23-18(14-3-5-16(21)6-4-14)19(15-7-10-22-11-8-15)24(20,27)12-9-17(25)26/h3-13H,1-2H3,(H,25,26)/b12-9+. The van der Waals surface area contributed by atoms with Crippen LogP contribution in [0.5, 0.6) is 0 Å². The van der Waals surface area contributed by atoms with Crippen molar-refractivity contribution in [1.82, 2.24) is 4.98 Å². The molecule has 1 aromatic carbocycles. The van der Waals surface area contributed by atoms with Crippen LogP contribution in [-0.2, 0) is 4.79 Å². The Morgan fingerprint density at radius 3 is 2.33 bits per heavy atom. The fourth-order valence-corrected chi connectivity index (χ4v) is 2.99. The SMILES string of the molecule is CC(C)C1=NC(c2ccc(F)cc2)=C(c2ccncc2)[N+]1([O-])/C=C/C(=O)O. The van der Waals surface area contributed by atoms with Crippen LogP contribution in [0.3, 0.4) is 0 Å². The summed E-state index contributed by atoms with van der Waals surface area (Å²) in [5.74, 6) is -1.62. The van der Waals surface area contributed by atoms with Crippen molar-refractivity contribution in [2.45, 2.75) is 13.8 Å². The summed E-state index contributed by atoms with van der Waals surface area (Å²) in [6.07, 6.45) is 4.97. The average molecular weight is 367 g/mol. The van der Waals surface area contributed by atoms with E-state index in [4.69, 9.17) is 5.11 Å². The molecule has 1 aliphatic heterocycles. The number of carboxylic acid groups (broad SMARTS) is 1. The fourth-order valence-electron chi connectivity index (χ4n) is 2.99. The number of quaternary nitrogens is 1. The number of pyridine rings is 1. The summed E-state index contributed by atoms with van der Waals surface area (Å²) in [5, 5.41) is 22.9. The minimum Gasteiger partial charge on any atom is -0.616 e. The van der Waals surface area contributed by atoms with Crippen molar-refractivity contribution in [3.8, 4) is 0 Å². The molecular weight excluding hydrogens is 349 g/mol. The molecule has 1 N–H and O–H groups in total. The first-order chi connectivity index (χ1) is 12.8. The molecule has 2 heterocycles. The molecule has 1 aromatic heterocycles. The molecule has 1 unspecified atom stereocenters. The molecule has 6 nitrogen and oxygen atoms in total. The first-order valence-electron chi connectivity index (χ1n) is 8.35. The predicted molar refractivity (Wildman–Crippen MR) is 100 cm³/mol. The zero-order valence-electron chi connectivity index (χ0n) is 14.8. The highest BCUT2D eigenvalue weighted by Gasteiger charge is 2.40. The second-order valence-electron chi connectivity index (χ2n) is 6.38. The van der Waals surface area contributed by atoms with E-state index in [9.17, 15) is 14.4 Å². The number of hydroxylamine groups is 3. The van der Waals surface area contributed by atoms with Gasteiger partial charge in [-0.1, -0.05) is 13.8 Å². The first kappa shape index (κ1) is 18.6. The molecule has 27 heavy (non-hydrogen) atoms. The summed E-state index contributed by atoms with van der Waals surface area (Å²) in [6.45, 7) is 3.63. The number of benzene rings is 1. The van der Waals surface area contributed by atoms with Crippen LogP contribution < -0.4 is 0 Å². The van der Waals surface area contributed by atoms with Gasteiger partial charge in [0, 0.05) is 29.4 Å².